The summed E-state index contributed by atoms with van der Waals surface area (Å²) in [6, 6.07) is 52.9. The smallest absolute Gasteiger partial charge is 0.247 e. The predicted octanol–water partition coefficient (Wildman–Crippen LogP) is 13.6. The molecular weight excluding hydrogens is 749 g/mol. The molecule has 4 aromatic heterocycles. The van der Waals surface area contributed by atoms with Crippen LogP contribution in [0.5, 0.6) is 23.0 Å². The number of nitrogens with zero attached hydrogens (tertiary/aromatic N) is 6. The van der Waals surface area contributed by atoms with Crippen molar-refractivity contribution in [3.8, 4) is 45.9 Å². The average molecular weight is 777 g/mol. The molecule has 0 aliphatic carbocycles. The second kappa shape index (κ2) is 12.5. The summed E-state index contributed by atoms with van der Waals surface area (Å²) in [5.41, 5.74) is 9.31. The Morgan fingerprint density at radius 3 is 1.47 bits per heavy atom. The van der Waals surface area contributed by atoms with Crippen LogP contribution >= 0.6 is 0 Å². The van der Waals surface area contributed by atoms with Crippen molar-refractivity contribution >= 4 is 78.1 Å². The van der Waals surface area contributed by atoms with Crippen LogP contribution in [0.25, 0.3) is 66.9 Å². The molecule has 0 fully saturated rings. The number of rotatable bonds is 4. The van der Waals surface area contributed by atoms with Gasteiger partial charge >= 0.3 is 0 Å². The Kier molecular flexibility index (Phi) is 6.78. The van der Waals surface area contributed by atoms with Crippen molar-refractivity contribution in [1.82, 2.24) is 19.9 Å². The van der Waals surface area contributed by atoms with E-state index in [4.69, 9.17) is 28.3 Å². The van der Waals surface area contributed by atoms with E-state index < -0.39 is 0 Å². The monoisotopic (exact) mass is 776 g/mol. The van der Waals surface area contributed by atoms with Crippen LogP contribution in [0.3, 0.4) is 0 Å². The fourth-order valence-corrected chi connectivity index (χ4v) is 8.58. The Morgan fingerprint density at radius 1 is 0.383 bits per heavy atom. The Labute approximate surface area is 341 Å². The molecule has 0 saturated heterocycles. The van der Waals surface area contributed by atoms with E-state index in [1.165, 1.54) is 0 Å². The van der Waals surface area contributed by atoms with Gasteiger partial charge in [0.25, 0.3) is 0 Å². The maximum atomic E-state index is 6.48. The van der Waals surface area contributed by atoms with E-state index in [1.54, 1.807) is 12.4 Å². The van der Waals surface area contributed by atoms with Gasteiger partial charge in [-0.15, -0.1) is 0 Å². The van der Waals surface area contributed by atoms with Crippen molar-refractivity contribution in [2.45, 2.75) is 0 Å². The number of pyridine rings is 2. The highest BCUT2D eigenvalue weighted by atomic mass is 16.5. The number of anilines is 6. The number of fused-ring (bicyclic) bond motifs is 9. The predicted molar refractivity (Wildman–Crippen MR) is 233 cm³/mol. The number of hydrogen-bond donors (Lipinski definition) is 0. The Balaban J connectivity index is 1.16. The summed E-state index contributed by atoms with van der Waals surface area (Å²) in [5, 5.41) is 3.86. The molecule has 7 aromatic carbocycles. The first-order valence-electron chi connectivity index (χ1n) is 19.5. The molecule has 10 heteroatoms. The van der Waals surface area contributed by atoms with Gasteiger partial charge < -0.3 is 28.1 Å². The largest absolute Gasteiger partial charge is 0.453 e. The Hall–Kier alpha value is -8.50. The molecule has 0 amide bonds. The Morgan fingerprint density at radius 2 is 0.883 bits per heavy atom. The summed E-state index contributed by atoms with van der Waals surface area (Å²) >= 11 is 0. The lowest BCUT2D eigenvalue weighted by Crippen LogP contribution is -2.16. The minimum atomic E-state index is 0.455. The molecule has 13 rings (SSSR count). The second-order valence-electron chi connectivity index (χ2n) is 14.7. The van der Waals surface area contributed by atoms with E-state index in [2.05, 4.69) is 80.4 Å². The van der Waals surface area contributed by atoms with Gasteiger partial charge in [-0.25, -0.2) is 19.9 Å². The van der Waals surface area contributed by atoms with Crippen molar-refractivity contribution in [1.29, 1.82) is 0 Å². The SMILES string of the molecule is c1ccc2c(c1)Oc1ccccc1N2c1cc(-c2nc3cccnc3o2)c2ccc3c(N4c5ccccc5Oc5ccccc54)cc(-c4nc5cccnc5o4)cc3c2c1. The van der Waals surface area contributed by atoms with E-state index in [0.717, 1.165) is 89.8 Å². The van der Waals surface area contributed by atoms with Crippen LogP contribution in [-0.2, 0) is 0 Å². The van der Waals surface area contributed by atoms with Gasteiger partial charge in [-0.05, 0) is 113 Å². The maximum Gasteiger partial charge on any atom is 0.247 e. The molecule has 10 nitrogen and oxygen atoms in total. The number of para-hydroxylation sites is 8. The minimum Gasteiger partial charge on any atom is -0.453 e. The summed E-state index contributed by atoms with van der Waals surface area (Å²) in [6.45, 7) is 0. The number of oxazole rings is 2. The highest BCUT2D eigenvalue weighted by Gasteiger charge is 2.30. The number of hydrogen-bond acceptors (Lipinski definition) is 10. The van der Waals surface area contributed by atoms with E-state index in [-0.39, 0.29) is 0 Å². The van der Waals surface area contributed by atoms with E-state index in [1.807, 2.05) is 97.1 Å². The average Bonchev–Trinajstić information content (AvgIpc) is 3.94. The van der Waals surface area contributed by atoms with Crippen LogP contribution < -0.4 is 19.3 Å². The first-order chi connectivity index (χ1) is 29.7. The van der Waals surface area contributed by atoms with Crippen LogP contribution in [-0.4, -0.2) is 19.9 Å². The lowest BCUT2D eigenvalue weighted by molar-refractivity contribution is 0.477. The molecule has 0 atom stereocenters. The fourth-order valence-electron chi connectivity index (χ4n) is 8.58. The van der Waals surface area contributed by atoms with Crippen LogP contribution in [0, 0.1) is 0 Å². The second-order valence-corrected chi connectivity index (χ2v) is 14.7. The first kappa shape index (κ1) is 32.6. The van der Waals surface area contributed by atoms with Gasteiger partial charge in [0.2, 0.25) is 23.2 Å². The van der Waals surface area contributed by atoms with Gasteiger partial charge in [0.1, 0.15) is 11.0 Å². The van der Waals surface area contributed by atoms with E-state index in [0.29, 0.717) is 34.2 Å². The third-order valence-electron chi connectivity index (χ3n) is 11.2. The summed E-state index contributed by atoms with van der Waals surface area (Å²) in [4.78, 5) is 23.4. The molecule has 2 aliphatic rings. The van der Waals surface area contributed by atoms with Crippen molar-refractivity contribution < 1.29 is 18.3 Å². The van der Waals surface area contributed by atoms with Gasteiger partial charge in [0, 0.05) is 34.6 Å². The third-order valence-corrected chi connectivity index (χ3v) is 11.2. The van der Waals surface area contributed by atoms with Crippen molar-refractivity contribution in [2.75, 3.05) is 9.80 Å². The van der Waals surface area contributed by atoms with Crippen LogP contribution in [0.2, 0.25) is 0 Å². The van der Waals surface area contributed by atoms with Crippen molar-refractivity contribution in [3.05, 3.63) is 170 Å². The summed E-state index contributed by atoms with van der Waals surface area (Å²) in [7, 11) is 0. The van der Waals surface area contributed by atoms with Crippen LogP contribution in [0.4, 0.5) is 34.1 Å². The zero-order valence-corrected chi connectivity index (χ0v) is 31.5. The molecule has 282 valence electrons. The topological polar surface area (TPSA) is 103 Å². The summed E-state index contributed by atoms with van der Waals surface area (Å²) in [6.07, 6.45) is 3.43. The third kappa shape index (κ3) is 4.88. The van der Waals surface area contributed by atoms with Gasteiger partial charge in [-0.3, -0.25) is 0 Å². The Bertz CT molecular complexity index is 3400. The van der Waals surface area contributed by atoms with Gasteiger partial charge in [0.15, 0.2) is 23.0 Å². The number of aromatic nitrogens is 4. The molecule has 60 heavy (non-hydrogen) atoms. The molecule has 0 unspecified atom stereocenters. The lowest BCUT2D eigenvalue weighted by Gasteiger charge is -2.34. The van der Waals surface area contributed by atoms with Gasteiger partial charge in [-0.1, -0.05) is 60.7 Å². The highest BCUT2D eigenvalue weighted by Crippen LogP contribution is 2.55. The molecular formula is C50H28N6O4. The number of ether oxygens (including phenoxy) is 2. The maximum absolute atomic E-state index is 6.48. The molecule has 0 bridgehead atoms. The highest BCUT2D eigenvalue weighted by molar-refractivity contribution is 6.18. The van der Waals surface area contributed by atoms with Crippen molar-refractivity contribution in [3.63, 3.8) is 0 Å². The first-order valence-corrected chi connectivity index (χ1v) is 19.5. The summed E-state index contributed by atoms with van der Waals surface area (Å²) < 4.78 is 25.8. The summed E-state index contributed by atoms with van der Waals surface area (Å²) in [5.74, 6) is 3.92. The van der Waals surface area contributed by atoms with E-state index in [9.17, 15) is 0 Å². The molecule has 6 heterocycles. The van der Waals surface area contributed by atoms with Crippen LogP contribution in [0.15, 0.2) is 179 Å². The van der Waals surface area contributed by atoms with E-state index >= 15 is 0 Å². The minimum absolute atomic E-state index is 0.455. The van der Waals surface area contributed by atoms with Crippen molar-refractivity contribution in [2.24, 2.45) is 0 Å². The zero-order chi connectivity index (χ0) is 39.3. The number of benzene rings is 7. The molecule has 0 spiro atoms. The van der Waals surface area contributed by atoms with Gasteiger partial charge in [-0.2, -0.15) is 0 Å². The normalized spacial score (nSPS) is 12.9. The standard InChI is InChI=1S/C50H28N6O4/c1-5-17-43-38(13-1)55(39-14-2-6-18-44(39)57-43)30-27-34-31(35(28-30)48-54-37-12-10-24-52-50(37)60-48)21-22-32-33(34)25-29(47-53-36-11-9-23-51-49(36)59-47)26-42(32)56-40-15-3-7-19-45(40)58-46-20-8-4-16-41(46)56/h1-28H. The molecule has 0 N–H and O–H groups in total. The molecule has 0 saturated carbocycles. The molecule has 11 aromatic rings. The lowest BCUT2D eigenvalue weighted by atomic mass is 9.93. The van der Waals surface area contributed by atoms with Gasteiger partial charge in [0.05, 0.1) is 28.4 Å². The fraction of sp³-hybridized carbons (Fsp3) is 0. The molecule has 2 aliphatic heterocycles. The molecule has 0 radical (unpaired) electrons. The van der Waals surface area contributed by atoms with Crippen LogP contribution in [0.1, 0.15) is 0 Å². The zero-order valence-electron chi connectivity index (χ0n) is 31.5. The quantitative estimate of drug-likeness (QED) is 0.160.